The van der Waals surface area contributed by atoms with Crippen LogP contribution in [0.2, 0.25) is 0 Å². The van der Waals surface area contributed by atoms with E-state index in [0.717, 1.165) is 17.2 Å². The Morgan fingerprint density at radius 1 is 1.10 bits per heavy atom. The van der Waals surface area contributed by atoms with Crippen molar-refractivity contribution in [3.05, 3.63) is 82.9 Å². The Bertz CT molecular complexity index is 1420. The predicted molar refractivity (Wildman–Crippen MR) is 152 cm³/mol. The fraction of sp³-hybridized carbons (Fsp3) is 0.367. The lowest BCUT2D eigenvalue weighted by Crippen LogP contribution is -2.33. The van der Waals surface area contributed by atoms with Gasteiger partial charge in [0.05, 0.1) is 26.7 Å². The number of methoxy groups -OCH3 is 1. The van der Waals surface area contributed by atoms with Crippen molar-refractivity contribution in [3.8, 4) is 17.2 Å². The molecule has 4 rings (SSSR count). The summed E-state index contributed by atoms with van der Waals surface area (Å²) in [5.41, 5.74) is 2.56. The fourth-order valence-electron chi connectivity index (χ4n) is 4.90. The zero-order valence-electron chi connectivity index (χ0n) is 23.7. The lowest BCUT2D eigenvalue weighted by molar-refractivity contribution is -0.274. The summed E-state index contributed by atoms with van der Waals surface area (Å²) in [5, 5.41) is 0. The third-order valence-corrected chi connectivity index (χ3v) is 8.79. The van der Waals surface area contributed by atoms with Gasteiger partial charge in [0.15, 0.2) is 0 Å². The van der Waals surface area contributed by atoms with Gasteiger partial charge in [0.1, 0.15) is 28.2 Å². The summed E-state index contributed by atoms with van der Waals surface area (Å²) in [6.45, 7) is 5.88. The minimum absolute atomic E-state index is 0.124. The number of carbonyl (C=O) groups excluding carboxylic acids is 1. The number of carbonyl (C=O) groups is 1. The molecule has 0 radical (unpaired) electrons. The zero-order valence-corrected chi connectivity index (χ0v) is 24.5. The molecule has 3 aromatic rings. The van der Waals surface area contributed by atoms with Crippen molar-refractivity contribution in [2.45, 2.75) is 57.0 Å². The number of para-hydroxylation sites is 1. The van der Waals surface area contributed by atoms with Gasteiger partial charge < -0.3 is 18.9 Å². The van der Waals surface area contributed by atoms with Gasteiger partial charge >= 0.3 is 12.3 Å². The molecule has 0 amide bonds. The molecule has 8 nitrogen and oxygen atoms in total. The van der Waals surface area contributed by atoms with Gasteiger partial charge in [-0.05, 0) is 67.3 Å². The molecule has 2 N–H and O–H groups in total. The number of nitrogens with zero attached hydrogens (tertiary/aromatic N) is 1. The van der Waals surface area contributed by atoms with Gasteiger partial charge in [-0.25, -0.2) is 0 Å². The molecule has 228 valence electrons. The molecule has 0 fully saturated rings. The standard InChI is InChI=1S/C30H34F3NO7S/c1-5-39-29(35)16-26(22-13-24(38-4)15-25(14-22)41-30(31,32)33)21-11-10-19(2)23(12-21)18-34-17-20(3)40-27-8-6-7-9-28(27)42(34,36)37/h6-15,20,26,36-37H,5,16-18H2,1-4H3. The summed E-state index contributed by atoms with van der Waals surface area (Å²) in [7, 11) is -2.09. The smallest absolute Gasteiger partial charge is 0.497 e. The van der Waals surface area contributed by atoms with Crippen LogP contribution in [0.1, 0.15) is 48.4 Å². The number of fused-ring (bicyclic) bond motifs is 1. The first-order valence-corrected chi connectivity index (χ1v) is 14.8. The van der Waals surface area contributed by atoms with Crippen molar-refractivity contribution < 1.29 is 46.0 Å². The SMILES string of the molecule is CCOC(=O)CC(c1cc(OC)cc(OC(F)(F)F)c1)c1ccc(C)c(CN2CC(C)Oc3ccccc3S2(O)O)c1. The summed E-state index contributed by atoms with van der Waals surface area (Å²) in [5.74, 6) is -1.21. The van der Waals surface area contributed by atoms with Gasteiger partial charge in [0.2, 0.25) is 0 Å². The highest BCUT2D eigenvalue weighted by Gasteiger charge is 2.35. The van der Waals surface area contributed by atoms with Crippen LogP contribution in [0, 0.1) is 6.92 Å². The first kappa shape index (κ1) is 31.5. The molecule has 1 heterocycles. The monoisotopic (exact) mass is 609 g/mol. The molecule has 2 atom stereocenters. The summed E-state index contributed by atoms with van der Waals surface area (Å²) in [6.07, 6.45) is -5.43. The lowest BCUT2D eigenvalue weighted by Gasteiger charge is -2.42. The van der Waals surface area contributed by atoms with E-state index >= 15 is 0 Å². The van der Waals surface area contributed by atoms with Crippen LogP contribution >= 0.6 is 10.8 Å². The summed E-state index contributed by atoms with van der Waals surface area (Å²) in [4.78, 5) is 13.0. The second-order valence-electron chi connectivity index (χ2n) is 9.95. The molecule has 0 aromatic heterocycles. The maximum atomic E-state index is 13.1. The Kier molecular flexibility index (Phi) is 9.61. The zero-order chi connectivity index (χ0) is 30.7. The number of hydrogen-bond acceptors (Lipinski definition) is 8. The van der Waals surface area contributed by atoms with Crippen molar-refractivity contribution >= 4 is 16.7 Å². The number of esters is 1. The van der Waals surface area contributed by atoms with E-state index in [2.05, 4.69) is 4.74 Å². The molecule has 0 spiro atoms. The number of hydrogen-bond donors (Lipinski definition) is 2. The van der Waals surface area contributed by atoms with Crippen LogP contribution in [0.25, 0.3) is 0 Å². The summed E-state index contributed by atoms with van der Waals surface area (Å²) < 4.78 is 84.1. The van der Waals surface area contributed by atoms with E-state index in [1.54, 1.807) is 47.6 Å². The van der Waals surface area contributed by atoms with Gasteiger partial charge in [0.25, 0.3) is 0 Å². The van der Waals surface area contributed by atoms with Gasteiger partial charge in [-0.3, -0.25) is 13.9 Å². The summed E-state index contributed by atoms with van der Waals surface area (Å²) in [6, 6.07) is 16.1. The van der Waals surface area contributed by atoms with Gasteiger partial charge in [-0.2, -0.15) is 4.31 Å². The van der Waals surface area contributed by atoms with Crippen molar-refractivity contribution in [1.29, 1.82) is 0 Å². The van der Waals surface area contributed by atoms with Crippen molar-refractivity contribution in [3.63, 3.8) is 0 Å². The molecule has 0 saturated heterocycles. The van der Waals surface area contributed by atoms with Crippen LogP contribution in [-0.4, -0.2) is 52.1 Å². The number of aryl methyl sites for hydroxylation is 1. The largest absolute Gasteiger partial charge is 0.573 e. The predicted octanol–water partition coefficient (Wildman–Crippen LogP) is 7.29. The molecule has 0 bridgehead atoms. The molecule has 42 heavy (non-hydrogen) atoms. The van der Waals surface area contributed by atoms with E-state index in [-0.39, 0.29) is 42.9 Å². The van der Waals surface area contributed by atoms with E-state index < -0.39 is 34.8 Å². The van der Waals surface area contributed by atoms with Crippen LogP contribution in [0.15, 0.2) is 65.6 Å². The van der Waals surface area contributed by atoms with E-state index in [4.69, 9.17) is 14.2 Å². The second-order valence-corrected chi connectivity index (χ2v) is 11.9. The first-order valence-electron chi connectivity index (χ1n) is 13.3. The molecule has 12 heteroatoms. The Labute approximate surface area is 244 Å². The van der Waals surface area contributed by atoms with Crippen LogP contribution in [0.4, 0.5) is 13.2 Å². The van der Waals surface area contributed by atoms with Gasteiger partial charge in [-0.1, -0.05) is 30.3 Å². The molecule has 1 aliphatic rings. The third-order valence-electron chi connectivity index (χ3n) is 6.87. The van der Waals surface area contributed by atoms with Gasteiger partial charge in [-0.15, -0.1) is 23.9 Å². The van der Waals surface area contributed by atoms with E-state index in [0.29, 0.717) is 16.9 Å². The maximum Gasteiger partial charge on any atom is 0.573 e. The molecule has 3 aromatic carbocycles. The molecule has 2 unspecified atom stereocenters. The highest BCUT2D eigenvalue weighted by Crippen LogP contribution is 2.57. The average Bonchev–Trinajstić information content (AvgIpc) is 3.00. The van der Waals surface area contributed by atoms with Crippen LogP contribution in [0.5, 0.6) is 17.2 Å². The molecule has 0 saturated carbocycles. The highest BCUT2D eigenvalue weighted by molar-refractivity contribution is 8.22. The summed E-state index contributed by atoms with van der Waals surface area (Å²) >= 11 is 0. The Morgan fingerprint density at radius 3 is 2.50 bits per heavy atom. The quantitative estimate of drug-likeness (QED) is 0.244. The number of benzene rings is 3. The Hall–Kier alpha value is -3.45. The van der Waals surface area contributed by atoms with Crippen molar-refractivity contribution in [2.24, 2.45) is 0 Å². The van der Waals surface area contributed by atoms with E-state index in [1.165, 1.54) is 13.2 Å². The van der Waals surface area contributed by atoms with E-state index in [1.807, 2.05) is 26.0 Å². The minimum Gasteiger partial charge on any atom is -0.497 e. The fourth-order valence-corrected chi connectivity index (χ4v) is 6.56. The van der Waals surface area contributed by atoms with Crippen LogP contribution in [0.3, 0.4) is 0 Å². The average molecular weight is 610 g/mol. The van der Waals surface area contributed by atoms with Crippen LogP contribution < -0.4 is 14.2 Å². The van der Waals surface area contributed by atoms with Crippen LogP contribution in [-0.2, 0) is 16.1 Å². The Balaban J connectivity index is 1.75. The minimum atomic E-state index is -4.92. The second kappa shape index (κ2) is 12.8. The third kappa shape index (κ3) is 7.49. The molecule has 1 aliphatic heterocycles. The number of alkyl halides is 3. The van der Waals surface area contributed by atoms with Crippen molar-refractivity contribution in [1.82, 2.24) is 4.31 Å². The number of rotatable bonds is 9. The lowest BCUT2D eigenvalue weighted by atomic mass is 9.86. The molecular formula is C30H34F3NO7S. The normalized spacial score (nSPS) is 18.2. The first-order chi connectivity index (χ1) is 19.8. The van der Waals surface area contributed by atoms with Crippen molar-refractivity contribution in [2.75, 3.05) is 20.3 Å². The highest BCUT2D eigenvalue weighted by atomic mass is 32.3. The molecular weight excluding hydrogens is 575 g/mol. The van der Waals surface area contributed by atoms with Gasteiger partial charge in [0, 0.05) is 18.5 Å². The number of halogens is 3. The molecule has 0 aliphatic carbocycles. The van der Waals surface area contributed by atoms with E-state index in [9.17, 15) is 27.1 Å². The number of ether oxygens (including phenoxy) is 4. The Morgan fingerprint density at radius 2 is 1.81 bits per heavy atom. The maximum absolute atomic E-state index is 13.1. The topological polar surface area (TPSA) is 97.7 Å².